The van der Waals surface area contributed by atoms with E-state index in [1.54, 1.807) is 0 Å². The molecule has 0 spiro atoms. The average Bonchev–Trinajstić information content (AvgIpc) is 2.32. The molecule has 0 unspecified atom stereocenters. The molecule has 0 bridgehead atoms. The van der Waals surface area contributed by atoms with Gasteiger partial charge in [-0.05, 0) is 37.8 Å². The monoisotopic (exact) mass is 233 g/mol. The van der Waals surface area contributed by atoms with Crippen molar-refractivity contribution in [2.24, 2.45) is 0 Å². The maximum absolute atomic E-state index is 9.97. The number of hydrogen-bond donors (Lipinski definition) is 2. The molecule has 1 aliphatic carbocycles. The Kier molecular flexibility index (Phi) is 4.19. The van der Waals surface area contributed by atoms with Crippen molar-refractivity contribution >= 4 is 0 Å². The van der Waals surface area contributed by atoms with Gasteiger partial charge < -0.3 is 10.4 Å². The molecule has 2 N–H and O–H groups in total. The summed E-state index contributed by atoms with van der Waals surface area (Å²) in [6.07, 6.45) is 4.26. The summed E-state index contributed by atoms with van der Waals surface area (Å²) >= 11 is 0. The minimum atomic E-state index is -0.171. The molecular formula is C15H23NO. The molecule has 1 aliphatic rings. The summed E-state index contributed by atoms with van der Waals surface area (Å²) in [5, 5.41) is 13.5. The Labute approximate surface area is 104 Å². The van der Waals surface area contributed by atoms with Gasteiger partial charge in [0.1, 0.15) is 0 Å². The first kappa shape index (κ1) is 12.6. The number of hydrogen-bond acceptors (Lipinski definition) is 2. The first-order chi connectivity index (χ1) is 8.18. The van der Waals surface area contributed by atoms with Gasteiger partial charge in [0, 0.05) is 12.1 Å². The van der Waals surface area contributed by atoms with E-state index in [1.165, 1.54) is 17.5 Å². The summed E-state index contributed by atoms with van der Waals surface area (Å²) in [6, 6.07) is 9.04. The van der Waals surface area contributed by atoms with Crippen molar-refractivity contribution in [2.45, 2.75) is 57.7 Å². The van der Waals surface area contributed by atoms with Crippen LogP contribution in [0, 0.1) is 6.92 Å². The van der Waals surface area contributed by atoms with E-state index in [2.05, 4.69) is 43.4 Å². The van der Waals surface area contributed by atoms with Crippen LogP contribution in [-0.2, 0) is 0 Å². The SMILES string of the molecule is Cc1ccccc1[C@@H](C)N[C@@H]1CCCC[C@H]1O. The van der Waals surface area contributed by atoms with E-state index >= 15 is 0 Å². The number of rotatable bonds is 3. The summed E-state index contributed by atoms with van der Waals surface area (Å²) in [6.45, 7) is 4.33. The zero-order chi connectivity index (χ0) is 12.3. The largest absolute Gasteiger partial charge is 0.392 e. The van der Waals surface area contributed by atoms with Gasteiger partial charge in [0.2, 0.25) is 0 Å². The third-order valence-electron chi connectivity index (χ3n) is 3.85. The van der Waals surface area contributed by atoms with Crippen LogP contribution in [0.15, 0.2) is 24.3 Å². The maximum Gasteiger partial charge on any atom is 0.0693 e. The molecule has 17 heavy (non-hydrogen) atoms. The van der Waals surface area contributed by atoms with Crippen molar-refractivity contribution in [3.05, 3.63) is 35.4 Å². The van der Waals surface area contributed by atoms with Gasteiger partial charge in [-0.2, -0.15) is 0 Å². The molecule has 2 nitrogen and oxygen atoms in total. The lowest BCUT2D eigenvalue weighted by Gasteiger charge is -2.31. The summed E-state index contributed by atoms with van der Waals surface area (Å²) in [7, 11) is 0. The third kappa shape index (κ3) is 3.08. The Morgan fingerprint density at radius 1 is 1.24 bits per heavy atom. The molecule has 1 fully saturated rings. The second kappa shape index (κ2) is 5.65. The van der Waals surface area contributed by atoms with Crippen LogP contribution in [0.1, 0.15) is 49.8 Å². The lowest BCUT2D eigenvalue weighted by atomic mass is 9.91. The predicted molar refractivity (Wildman–Crippen MR) is 71.0 cm³/mol. The quantitative estimate of drug-likeness (QED) is 0.841. The van der Waals surface area contributed by atoms with Crippen LogP contribution in [0.5, 0.6) is 0 Å². The maximum atomic E-state index is 9.97. The van der Waals surface area contributed by atoms with Gasteiger partial charge >= 0.3 is 0 Å². The Morgan fingerprint density at radius 2 is 1.94 bits per heavy atom. The van der Waals surface area contributed by atoms with Gasteiger partial charge in [0.05, 0.1) is 6.10 Å². The van der Waals surface area contributed by atoms with E-state index in [9.17, 15) is 5.11 Å². The Balaban J connectivity index is 2.01. The highest BCUT2D eigenvalue weighted by atomic mass is 16.3. The lowest BCUT2D eigenvalue weighted by Crippen LogP contribution is -2.43. The van der Waals surface area contributed by atoms with Gasteiger partial charge in [0.25, 0.3) is 0 Å². The predicted octanol–water partition coefficient (Wildman–Crippen LogP) is 2.95. The fraction of sp³-hybridized carbons (Fsp3) is 0.600. The molecule has 1 aromatic carbocycles. The molecule has 1 saturated carbocycles. The zero-order valence-electron chi connectivity index (χ0n) is 10.8. The number of aliphatic hydroxyl groups excluding tert-OH is 1. The van der Waals surface area contributed by atoms with Crippen LogP contribution < -0.4 is 5.32 Å². The molecule has 0 radical (unpaired) electrons. The van der Waals surface area contributed by atoms with Crippen LogP contribution >= 0.6 is 0 Å². The molecule has 0 heterocycles. The number of nitrogens with one attached hydrogen (secondary N) is 1. The van der Waals surface area contributed by atoms with Crippen LogP contribution in [0.2, 0.25) is 0 Å². The molecule has 2 rings (SSSR count). The summed E-state index contributed by atoms with van der Waals surface area (Å²) in [5.41, 5.74) is 2.66. The van der Waals surface area contributed by atoms with Crippen molar-refractivity contribution in [2.75, 3.05) is 0 Å². The smallest absolute Gasteiger partial charge is 0.0693 e. The fourth-order valence-electron chi connectivity index (χ4n) is 2.79. The van der Waals surface area contributed by atoms with Crippen molar-refractivity contribution in [3.63, 3.8) is 0 Å². The number of aliphatic hydroxyl groups is 1. The lowest BCUT2D eigenvalue weighted by molar-refractivity contribution is 0.0859. The first-order valence-corrected chi connectivity index (χ1v) is 6.68. The molecule has 0 aromatic heterocycles. The van der Waals surface area contributed by atoms with Gasteiger partial charge in [-0.25, -0.2) is 0 Å². The van der Waals surface area contributed by atoms with E-state index in [4.69, 9.17) is 0 Å². The Hall–Kier alpha value is -0.860. The van der Waals surface area contributed by atoms with Crippen molar-refractivity contribution < 1.29 is 5.11 Å². The molecule has 2 heteroatoms. The normalized spacial score (nSPS) is 26.8. The van der Waals surface area contributed by atoms with E-state index in [0.29, 0.717) is 6.04 Å². The molecule has 94 valence electrons. The topological polar surface area (TPSA) is 32.3 Å². The summed E-state index contributed by atoms with van der Waals surface area (Å²) in [5.74, 6) is 0. The fourth-order valence-corrected chi connectivity index (χ4v) is 2.79. The van der Waals surface area contributed by atoms with E-state index in [-0.39, 0.29) is 12.1 Å². The van der Waals surface area contributed by atoms with Crippen LogP contribution in [0.3, 0.4) is 0 Å². The number of benzene rings is 1. The second-order valence-electron chi connectivity index (χ2n) is 5.20. The Bertz CT molecular complexity index is 364. The highest BCUT2D eigenvalue weighted by Crippen LogP contribution is 2.23. The molecule has 1 aromatic rings. The molecular weight excluding hydrogens is 210 g/mol. The Morgan fingerprint density at radius 3 is 2.65 bits per heavy atom. The first-order valence-electron chi connectivity index (χ1n) is 6.68. The van der Waals surface area contributed by atoms with E-state index < -0.39 is 0 Å². The molecule has 0 saturated heterocycles. The van der Waals surface area contributed by atoms with Crippen LogP contribution in [-0.4, -0.2) is 17.3 Å². The van der Waals surface area contributed by atoms with Gasteiger partial charge in [-0.15, -0.1) is 0 Å². The zero-order valence-corrected chi connectivity index (χ0v) is 10.8. The van der Waals surface area contributed by atoms with Crippen LogP contribution in [0.25, 0.3) is 0 Å². The van der Waals surface area contributed by atoms with Crippen LogP contribution in [0.4, 0.5) is 0 Å². The second-order valence-corrected chi connectivity index (χ2v) is 5.20. The summed E-state index contributed by atoms with van der Waals surface area (Å²) < 4.78 is 0. The van der Waals surface area contributed by atoms with E-state index in [0.717, 1.165) is 19.3 Å². The minimum absolute atomic E-state index is 0.171. The van der Waals surface area contributed by atoms with Gasteiger partial charge in [-0.1, -0.05) is 37.1 Å². The molecule has 3 atom stereocenters. The standard InChI is InChI=1S/C15H23NO/c1-11-7-3-4-8-13(11)12(2)16-14-9-5-6-10-15(14)17/h3-4,7-8,12,14-17H,5-6,9-10H2,1-2H3/t12-,14-,15-/m1/s1. The van der Waals surface area contributed by atoms with Crippen molar-refractivity contribution in [1.29, 1.82) is 0 Å². The molecule has 0 amide bonds. The molecule has 0 aliphatic heterocycles. The van der Waals surface area contributed by atoms with E-state index in [1.807, 2.05) is 0 Å². The highest BCUT2D eigenvalue weighted by Gasteiger charge is 2.24. The van der Waals surface area contributed by atoms with Gasteiger partial charge in [-0.3, -0.25) is 0 Å². The van der Waals surface area contributed by atoms with Gasteiger partial charge in [0.15, 0.2) is 0 Å². The summed E-state index contributed by atoms with van der Waals surface area (Å²) in [4.78, 5) is 0. The van der Waals surface area contributed by atoms with Crippen molar-refractivity contribution in [3.8, 4) is 0 Å². The average molecular weight is 233 g/mol. The minimum Gasteiger partial charge on any atom is -0.392 e. The number of aryl methyl sites for hydroxylation is 1. The third-order valence-corrected chi connectivity index (χ3v) is 3.85. The van der Waals surface area contributed by atoms with Crippen molar-refractivity contribution in [1.82, 2.24) is 5.32 Å². The highest BCUT2D eigenvalue weighted by molar-refractivity contribution is 5.28.